The normalized spacial score (nSPS) is 9.91. The van der Waals surface area contributed by atoms with E-state index in [-0.39, 0.29) is 99.3 Å². The Balaban J connectivity index is -0.0000000612. The number of carbonyl (C=O) groups excluding carboxylic acids is 1. The molecular formula is C15H35Cl3N2Na2O11P2. The molecule has 0 aliphatic heterocycles. The summed E-state index contributed by atoms with van der Waals surface area (Å²) in [6.45, 7) is 10.4. The topological polar surface area (TPSA) is 273 Å². The molecule has 0 aromatic heterocycles. The molecule has 0 spiro atoms. The number of nitrogens with one attached hydrogen (secondary N) is 1. The van der Waals surface area contributed by atoms with E-state index in [2.05, 4.69) is 24.1 Å². The van der Waals surface area contributed by atoms with Gasteiger partial charge < -0.3 is 46.8 Å². The van der Waals surface area contributed by atoms with Crippen molar-refractivity contribution in [1.29, 1.82) is 0 Å². The third-order valence-electron chi connectivity index (χ3n) is 3.71. The smallest absolute Gasteiger partial charge is 0.373 e. The van der Waals surface area contributed by atoms with Crippen LogP contribution in [0.4, 0.5) is 5.69 Å². The first-order valence-electron chi connectivity index (χ1n) is 8.15. The van der Waals surface area contributed by atoms with E-state index in [1.54, 1.807) is 0 Å². The van der Waals surface area contributed by atoms with E-state index in [1.165, 1.54) is 0 Å². The molecule has 0 aliphatic carbocycles. The van der Waals surface area contributed by atoms with Gasteiger partial charge in [0.1, 0.15) is 0 Å². The SMILES string of the molecule is CCN(CC)CC(=O)Nc1c(C)cccc1C.Cl.O.O.O.O.O=P(O)(O)C(Cl)(Cl)P(=O)(O)O.[Na].[Na]. The fourth-order valence-electron chi connectivity index (χ4n) is 2.01. The maximum Gasteiger partial charge on any atom is 0.373 e. The molecule has 35 heavy (non-hydrogen) atoms. The van der Waals surface area contributed by atoms with Gasteiger partial charge in [-0.1, -0.05) is 55.2 Å². The van der Waals surface area contributed by atoms with Crippen molar-refractivity contribution in [2.45, 2.75) is 31.5 Å². The van der Waals surface area contributed by atoms with E-state index >= 15 is 0 Å². The number of hydrogen-bond donors (Lipinski definition) is 5. The zero-order valence-corrected chi connectivity index (χ0v) is 28.5. The molecule has 0 unspecified atom stereocenters. The molecule has 0 fully saturated rings. The second-order valence-electron chi connectivity index (χ2n) is 5.87. The minimum atomic E-state index is -5.22. The van der Waals surface area contributed by atoms with Gasteiger partial charge in [-0.25, -0.2) is 0 Å². The average molecular weight is 634 g/mol. The predicted octanol–water partition coefficient (Wildman–Crippen LogP) is -0.624. The number of nitrogens with zero attached hydrogens (tertiary/aromatic N) is 1. The Kier molecular flexibility index (Phi) is 40.0. The van der Waals surface area contributed by atoms with Gasteiger partial charge in [0.05, 0.1) is 6.54 Å². The van der Waals surface area contributed by atoms with Crippen LogP contribution in [0.1, 0.15) is 25.0 Å². The number of para-hydroxylation sites is 1. The summed E-state index contributed by atoms with van der Waals surface area (Å²) in [5.41, 5.74) is 3.17. The summed E-state index contributed by atoms with van der Waals surface area (Å²) in [4.78, 5) is 46.9. The van der Waals surface area contributed by atoms with Crippen molar-refractivity contribution >= 4 is 122 Å². The summed E-state index contributed by atoms with van der Waals surface area (Å²) in [5, 5.41) is 3.00. The summed E-state index contributed by atoms with van der Waals surface area (Å²) in [7, 11) is -10.4. The molecule has 0 aliphatic rings. The van der Waals surface area contributed by atoms with Gasteiger partial charge in [0.25, 0.3) is 0 Å². The van der Waals surface area contributed by atoms with Crippen molar-refractivity contribution < 1.29 is 55.4 Å². The van der Waals surface area contributed by atoms with Crippen molar-refractivity contribution in [2.75, 3.05) is 25.0 Å². The van der Waals surface area contributed by atoms with Crippen LogP contribution >= 0.6 is 50.8 Å². The number of aryl methyl sites for hydroxylation is 2. The number of amides is 1. The number of anilines is 1. The van der Waals surface area contributed by atoms with Gasteiger partial charge in [-0.2, -0.15) is 0 Å². The van der Waals surface area contributed by atoms with Crippen LogP contribution in [0.2, 0.25) is 0 Å². The van der Waals surface area contributed by atoms with E-state index in [9.17, 15) is 13.9 Å². The zero-order valence-electron chi connectivity index (χ0n) is 20.4. The van der Waals surface area contributed by atoms with Crippen LogP contribution in [0.25, 0.3) is 0 Å². The average Bonchev–Trinajstić information content (AvgIpc) is 2.54. The number of carbonyl (C=O) groups is 1. The maximum atomic E-state index is 11.9. The molecule has 0 bridgehead atoms. The summed E-state index contributed by atoms with van der Waals surface area (Å²) < 4.78 is 17.1. The van der Waals surface area contributed by atoms with Crippen LogP contribution in [0, 0.1) is 13.8 Å². The van der Waals surface area contributed by atoms with Crippen LogP contribution in [-0.4, -0.2) is 135 Å². The minimum Gasteiger partial charge on any atom is -0.412 e. The van der Waals surface area contributed by atoms with Crippen molar-refractivity contribution in [1.82, 2.24) is 4.90 Å². The first-order valence-corrected chi connectivity index (χ1v) is 12.1. The van der Waals surface area contributed by atoms with Gasteiger partial charge in [-0.3, -0.25) is 18.8 Å². The molecule has 204 valence electrons. The van der Waals surface area contributed by atoms with Crippen LogP contribution in [0.3, 0.4) is 0 Å². The Labute approximate surface area is 265 Å². The fourth-order valence-corrected chi connectivity index (χ4v) is 3.37. The third kappa shape index (κ3) is 19.4. The molecular weight excluding hydrogens is 598 g/mol. The van der Waals surface area contributed by atoms with Crippen LogP contribution in [-0.2, 0) is 13.9 Å². The van der Waals surface area contributed by atoms with Gasteiger partial charge >= 0.3 is 19.0 Å². The fraction of sp³-hybridized carbons (Fsp3) is 0.533. The molecule has 0 saturated carbocycles. The van der Waals surface area contributed by atoms with Gasteiger partial charge in [-0.15, -0.1) is 12.4 Å². The zero-order chi connectivity index (χ0) is 22.3. The van der Waals surface area contributed by atoms with E-state index in [1.807, 2.05) is 32.0 Å². The predicted molar refractivity (Wildman–Crippen MR) is 144 cm³/mol. The molecule has 0 heterocycles. The number of likely N-dealkylation sites (N-methyl/N-ethyl adjacent to an activating group) is 1. The summed E-state index contributed by atoms with van der Waals surface area (Å²) in [6, 6.07) is 6.03. The Morgan fingerprint density at radius 2 is 1.23 bits per heavy atom. The molecule has 0 atom stereocenters. The van der Waals surface area contributed by atoms with Gasteiger partial charge in [0, 0.05) is 64.8 Å². The van der Waals surface area contributed by atoms with Gasteiger partial charge in [0.15, 0.2) is 0 Å². The van der Waals surface area contributed by atoms with E-state index in [4.69, 9.17) is 42.8 Å². The molecule has 1 aromatic carbocycles. The Bertz CT molecular complexity index is 738. The number of rotatable bonds is 7. The van der Waals surface area contributed by atoms with Gasteiger partial charge in [-0.05, 0) is 38.1 Å². The van der Waals surface area contributed by atoms with Crippen LogP contribution < -0.4 is 5.32 Å². The molecule has 2 radical (unpaired) electrons. The van der Waals surface area contributed by atoms with Crippen molar-refractivity contribution in [3.05, 3.63) is 29.3 Å². The van der Waals surface area contributed by atoms with Crippen LogP contribution in [0.15, 0.2) is 18.2 Å². The van der Waals surface area contributed by atoms with Crippen molar-refractivity contribution in [3.63, 3.8) is 0 Å². The first kappa shape index (κ1) is 56.8. The first-order chi connectivity index (χ1) is 12.6. The summed E-state index contributed by atoms with van der Waals surface area (Å²) in [5.74, 6) is 0.0612. The van der Waals surface area contributed by atoms with Crippen LogP contribution in [0.5, 0.6) is 0 Å². The molecule has 1 rings (SSSR count). The third-order valence-corrected chi connectivity index (χ3v) is 9.32. The number of benzene rings is 1. The number of halogens is 3. The van der Waals surface area contributed by atoms with Gasteiger partial charge in [0.2, 0.25) is 5.91 Å². The second-order valence-corrected chi connectivity index (χ2v) is 12.1. The molecule has 1 aromatic rings. The summed E-state index contributed by atoms with van der Waals surface area (Å²) >= 11 is 9.46. The van der Waals surface area contributed by atoms with E-state index in [0.717, 1.165) is 29.9 Å². The summed E-state index contributed by atoms with van der Waals surface area (Å²) in [6.07, 6.45) is 0. The standard InChI is InChI=1S/C14H22N2O.CH4Cl2O6P2.ClH.2Na.4H2O/c1-5-16(6-2)10-13(17)15-14-11(3)8-7-9-12(14)4;2-1(3,10(4,5)6)11(7,8)9;;;;;;;/h7-9H,5-6,10H2,1-4H3,(H,15,17);(H2,4,5,6)(H2,7,8,9);1H;;;4*1H2. The van der Waals surface area contributed by atoms with E-state index in [0.29, 0.717) is 6.54 Å². The monoisotopic (exact) mass is 632 g/mol. The van der Waals surface area contributed by atoms with Crippen molar-refractivity contribution in [3.8, 4) is 0 Å². The Morgan fingerprint density at radius 1 is 0.914 bits per heavy atom. The van der Waals surface area contributed by atoms with E-state index < -0.39 is 19.0 Å². The second kappa shape index (κ2) is 24.7. The minimum absolute atomic E-state index is 0. The Morgan fingerprint density at radius 3 is 1.46 bits per heavy atom. The molecule has 1 amide bonds. The molecule has 20 heteroatoms. The number of alkyl halides is 2. The largest absolute Gasteiger partial charge is 0.412 e. The Hall–Kier alpha value is 1.66. The molecule has 0 saturated heterocycles. The van der Waals surface area contributed by atoms with Crippen molar-refractivity contribution in [2.24, 2.45) is 0 Å². The molecule has 13 nitrogen and oxygen atoms in total. The number of hydrogen-bond acceptors (Lipinski definition) is 4. The molecule has 13 N–H and O–H groups in total. The quantitative estimate of drug-likeness (QED) is 0.146. The maximum absolute atomic E-state index is 11.9.